The molecular formula is C14H11ClO3. The van der Waals surface area contributed by atoms with Gasteiger partial charge in [-0.3, -0.25) is 0 Å². The number of halogens is 1. The Balaban J connectivity index is 2.11. The number of ether oxygens (including phenoxy) is 1. The zero-order valence-electron chi connectivity index (χ0n) is 9.42. The number of benzene rings is 2. The Kier molecular flexibility index (Phi) is 3.85. The monoisotopic (exact) mass is 262 g/mol. The Labute approximate surface area is 110 Å². The lowest BCUT2D eigenvalue weighted by molar-refractivity contribution is 0.0443. The second-order valence-corrected chi connectivity index (χ2v) is 4.05. The third-order valence-corrected chi connectivity index (χ3v) is 2.74. The highest BCUT2D eigenvalue weighted by molar-refractivity contribution is 6.20. The fourth-order valence-electron chi connectivity index (χ4n) is 1.48. The smallest absolute Gasteiger partial charge is 0.343 e. The average molecular weight is 263 g/mol. The lowest BCUT2D eigenvalue weighted by Gasteiger charge is -2.11. The molecule has 18 heavy (non-hydrogen) atoms. The summed E-state index contributed by atoms with van der Waals surface area (Å²) in [6, 6.07) is 15.1. The minimum Gasteiger partial charge on any atom is -0.507 e. The fourth-order valence-corrected chi connectivity index (χ4v) is 1.70. The summed E-state index contributed by atoms with van der Waals surface area (Å²) in [5.74, 6) is -0.781. The van der Waals surface area contributed by atoms with Crippen LogP contribution in [0, 0.1) is 0 Å². The van der Waals surface area contributed by atoms with Crippen LogP contribution in [0.4, 0.5) is 0 Å². The molecule has 1 N–H and O–H groups in total. The molecule has 0 saturated carbocycles. The summed E-state index contributed by atoms with van der Waals surface area (Å²) in [5.41, 5.74) is -0.0969. The van der Waals surface area contributed by atoms with Crippen molar-refractivity contribution in [2.24, 2.45) is 0 Å². The topological polar surface area (TPSA) is 46.5 Å². The van der Waals surface area contributed by atoms with Crippen molar-refractivity contribution < 1.29 is 14.6 Å². The molecule has 2 aromatic carbocycles. The molecule has 0 radical (unpaired) electrons. The van der Waals surface area contributed by atoms with Crippen molar-refractivity contribution in [3.05, 3.63) is 65.7 Å². The molecule has 0 heterocycles. The van der Waals surface area contributed by atoms with Gasteiger partial charge in [0.15, 0.2) is 0 Å². The molecule has 3 nitrogen and oxygen atoms in total. The van der Waals surface area contributed by atoms with Crippen LogP contribution >= 0.6 is 11.6 Å². The van der Waals surface area contributed by atoms with E-state index in [-0.39, 0.29) is 11.3 Å². The Morgan fingerprint density at radius 2 is 1.67 bits per heavy atom. The van der Waals surface area contributed by atoms with Crippen molar-refractivity contribution in [1.29, 1.82) is 0 Å². The van der Waals surface area contributed by atoms with Gasteiger partial charge < -0.3 is 9.84 Å². The second kappa shape index (κ2) is 5.56. The van der Waals surface area contributed by atoms with Gasteiger partial charge in [0.25, 0.3) is 0 Å². The average Bonchev–Trinajstić information content (AvgIpc) is 2.40. The van der Waals surface area contributed by atoms with Crippen LogP contribution in [0.3, 0.4) is 0 Å². The third-order valence-electron chi connectivity index (χ3n) is 2.40. The van der Waals surface area contributed by atoms with Crippen molar-refractivity contribution in [3.8, 4) is 5.75 Å². The van der Waals surface area contributed by atoms with Crippen molar-refractivity contribution in [2.45, 2.75) is 5.56 Å². The van der Waals surface area contributed by atoms with Crippen molar-refractivity contribution in [1.82, 2.24) is 0 Å². The summed E-state index contributed by atoms with van der Waals surface area (Å²) in [4.78, 5) is 11.8. The highest BCUT2D eigenvalue weighted by Gasteiger charge is 2.17. The number of carbonyl (C=O) groups excluding carboxylic acids is 1. The van der Waals surface area contributed by atoms with Crippen LogP contribution in [-0.4, -0.2) is 11.1 Å². The Bertz CT molecular complexity index is 540. The summed E-state index contributed by atoms with van der Waals surface area (Å²) in [5, 5.41) is 9.52. The zero-order chi connectivity index (χ0) is 13.0. The largest absolute Gasteiger partial charge is 0.507 e. The van der Waals surface area contributed by atoms with E-state index in [2.05, 4.69) is 0 Å². The minimum absolute atomic E-state index is 0.0964. The minimum atomic E-state index is -0.877. The molecule has 0 saturated heterocycles. The van der Waals surface area contributed by atoms with Crippen LogP contribution in [0.2, 0.25) is 0 Å². The SMILES string of the molecule is O=C(OC(Cl)c1ccccc1)c1ccccc1O. The lowest BCUT2D eigenvalue weighted by Crippen LogP contribution is -2.07. The molecule has 0 aromatic heterocycles. The predicted molar refractivity (Wildman–Crippen MR) is 68.6 cm³/mol. The molecule has 1 unspecified atom stereocenters. The summed E-state index contributed by atoms with van der Waals surface area (Å²) in [6.07, 6.45) is 0. The summed E-state index contributed by atoms with van der Waals surface area (Å²) in [7, 11) is 0. The fraction of sp³-hybridized carbons (Fsp3) is 0.0714. The van der Waals surface area contributed by atoms with Gasteiger partial charge in [0.05, 0.1) is 0 Å². The first-order valence-electron chi connectivity index (χ1n) is 5.36. The van der Waals surface area contributed by atoms with Gasteiger partial charge >= 0.3 is 5.97 Å². The van der Waals surface area contributed by atoms with Crippen LogP contribution in [-0.2, 0) is 4.74 Å². The van der Waals surface area contributed by atoms with E-state index in [9.17, 15) is 9.90 Å². The normalized spacial score (nSPS) is 11.8. The van der Waals surface area contributed by atoms with E-state index in [0.29, 0.717) is 5.56 Å². The number of phenols is 1. The van der Waals surface area contributed by atoms with Gasteiger partial charge in [0, 0.05) is 5.56 Å². The van der Waals surface area contributed by atoms with Gasteiger partial charge in [0.2, 0.25) is 5.56 Å². The summed E-state index contributed by atoms with van der Waals surface area (Å²) >= 11 is 5.98. The van der Waals surface area contributed by atoms with E-state index >= 15 is 0 Å². The Hall–Kier alpha value is -2.00. The predicted octanol–water partition coefficient (Wildman–Crippen LogP) is 3.49. The molecule has 0 aliphatic heterocycles. The van der Waals surface area contributed by atoms with Gasteiger partial charge in [-0.15, -0.1) is 0 Å². The molecule has 0 bridgehead atoms. The number of aromatic hydroxyl groups is 1. The number of hydrogen-bond donors (Lipinski definition) is 1. The van der Waals surface area contributed by atoms with E-state index in [1.54, 1.807) is 36.4 Å². The molecule has 0 amide bonds. The molecule has 2 aromatic rings. The van der Waals surface area contributed by atoms with Gasteiger partial charge in [-0.2, -0.15) is 0 Å². The lowest BCUT2D eigenvalue weighted by atomic mass is 10.2. The molecule has 1 atom stereocenters. The Morgan fingerprint density at radius 1 is 1.06 bits per heavy atom. The van der Waals surface area contributed by atoms with Crippen LogP contribution in [0.1, 0.15) is 21.5 Å². The van der Waals surface area contributed by atoms with Crippen molar-refractivity contribution in [2.75, 3.05) is 0 Å². The summed E-state index contributed by atoms with van der Waals surface area (Å²) < 4.78 is 5.07. The number of hydrogen-bond acceptors (Lipinski definition) is 3. The van der Waals surface area contributed by atoms with E-state index in [1.807, 2.05) is 6.07 Å². The summed E-state index contributed by atoms with van der Waals surface area (Å²) in [6.45, 7) is 0. The molecule has 4 heteroatoms. The number of alkyl halides is 1. The van der Waals surface area contributed by atoms with Crippen LogP contribution in [0.15, 0.2) is 54.6 Å². The molecule has 0 spiro atoms. The number of phenolic OH excluding ortho intramolecular Hbond substituents is 1. The molecule has 0 fully saturated rings. The quantitative estimate of drug-likeness (QED) is 0.680. The maximum absolute atomic E-state index is 11.8. The van der Waals surface area contributed by atoms with E-state index in [4.69, 9.17) is 16.3 Å². The van der Waals surface area contributed by atoms with E-state index < -0.39 is 11.5 Å². The first-order valence-corrected chi connectivity index (χ1v) is 5.80. The van der Waals surface area contributed by atoms with Crippen LogP contribution in [0.25, 0.3) is 0 Å². The number of para-hydroxylation sites is 1. The Morgan fingerprint density at radius 3 is 2.33 bits per heavy atom. The zero-order valence-corrected chi connectivity index (χ0v) is 10.2. The van der Waals surface area contributed by atoms with E-state index in [0.717, 1.165) is 0 Å². The second-order valence-electron chi connectivity index (χ2n) is 3.65. The van der Waals surface area contributed by atoms with E-state index in [1.165, 1.54) is 12.1 Å². The maximum Gasteiger partial charge on any atom is 0.343 e. The maximum atomic E-state index is 11.8. The van der Waals surface area contributed by atoms with Crippen LogP contribution < -0.4 is 0 Å². The number of rotatable bonds is 3. The third kappa shape index (κ3) is 2.81. The number of esters is 1. The van der Waals surface area contributed by atoms with Crippen molar-refractivity contribution >= 4 is 17.6 Å². The standard InChI is InChI=1S/C14H11ClO3/c15-13(10-6-2-1-3-7-10)18-14(17)11-8-4-5-9-12(11)16/h1-9,13,16H. The van der Waals surface area contributed by atoms with Crippen LogP contribution in [0.5, 0.6) is 5.75 Å². The molecule has 0 aliphatic rings. The highest BCUT2D eigenvalue weighted by Crippen LogP contribution is 2.25. The molecular weight excluding hydrogens is 252 g/mol. The van der Waals surface area contributed by atoms with Gasteiger partial charge in [-0.1, -0.05) is 54.1 Å². The molecule has 2 rings (SSSR count). The van der Waals surface area contributed by atoms with Crippen molar-refractivity contribution in [3.63, 3.8) is 0 Å². The molecule has 92 valence electrons. The van der Waals surface area contributed by atoms with Gasteiger partial charge in [-0.25, -0.2) is 4.79 Å². The first-order chi connectivity index (χ1) is 8.68. The van der Waals surface area contributed by atoms with Gasteiger partial charge in [-0.05, 0) is 12.1 Å². The molecule has 0 aliphatic carbocycles. The highest BCUT2D eigenvalue weighted by atomic mass is 35.5. The van der Waals surface area contributed by atoms with Gasteiger partial charge in [0.1, 0.15) is 11.3 Å². The first kappa shape index (κ1) is 12.5. The number of carbonyl (C=O) groups is 1.